The van der Waals surface area contributed by atoms with Crippen molar-refractivity contribution in [3.63, 3.8) is 0 Å². The number of carbonyl (C=O) groups is 1. The number of likely N-dealkylation sites (N-methyl/N-ethyl adjacent to an activating group) is 1. The van der Waals surface area contributed by atoms with E-state index in [1.165, 1.54) is 0 Å². The number of nitrogens with zero attached hydrogens (tertiary/aromatic N) is 1. The van der Waals surface area contributed by atoms with E-state index in [2.05, 4.69) is 5.32 Å². The zero-order valence-corrected chi connectivity index (χ0v) is 15.3. The van der Waals surface area contributed by atoms with Crippen LogP contribution >= 0.6 is 46.4 Å². The fourth-order valence-electron chi connectivity index (χ4n) is 2.05. The van der Waals surface area contributed by atoms with Crippen LogP contribution < -0.4 is 5.32 Å². The summed E-state index contributed by atoms with van der Waals surface area (Å²) < 4.78 is 0. The van der Waals surface area contributed by atoms with Crippen molar-refractivity contribution in [3.8, 4) is 0 Å². The molecule has 7 heteroatoms. The molecule has 1 amide bonds. The van der Waals surface area contributed by atoms with E-state index >= 15 is 0 Å². The minimum absolute atomic E-state index is 0.142. The molecule has 0 saturated heterocycles. The molecule has 0 aliphatic heterocycles. The lowest BCUT2D eigenvalue weighted by Gasteiger charge is -2.18. The van der Waals surface area contributed by atoms with E-state index in [1.807, 2.05) is 0 Å². The molecule has 0 bridgehead atoms. The Morgan fingerprint density at radius 2 is 1.43 bits per heavy atom. The molecule has 2 rings (SSSR count). The van der Waals surface area contributed by atoms with E-state index in [0.717, 1.165) is 5.56 Å². The molecule has 0 fully saturated rings. The lowest BCUT2D eigenvalue weighted by atomic mass is 10.2. The maximum atomic E-state index is 12.2. The van der Waals surface area contributed by atoms with Crippen molar-refractivity contribution in [2.45, 2.75) is 6.54 Å². The molecule has 0 radical (unpaired) electrons. The van der Waals surface area contributed by atoms with Gasteiger partial charge in [0.25, 0.3) is 0 Å². The van der Waals surface area contributed by atoms with Crippen molar-refractivity contribution in [2.24, 2.45) is 0 Å². The summed E-state index contributed by atoms with van der Waals surface area (Å²) in [6, 6.07) is 10.3. The van der Waals surface area contributed by atoms with Crippen LogP contribution in [-0.4, -0.2) is 24.4 Å². The zero-order chi connectivity index (χ0) is 17.0. The Balaban J connectivity index is 2.00. The molecule has 0 heterocycles. The Morgan fingerprint density at radius 1 is 0.957 bits per heavy atom. The first-order chi connectivity index (χ1) is 10.9. The van der Waals surface area contributed by atoms with E-state index in [0.29, 0.717) is 32.3 Å². The van der Waals surface area contributed by atoms with Gasteiger partial charge >= 0.3 is 0 Å². The Kier molecular flexibility index (Phi) is 6.57. The van der Waals surface area contributed by atoms with Gasteiger partial charge in [0.15, 0.2) is 0 Å². The van der Waals surface area contributed by atoms with Crippen LogP contribution in [0.2, 0.25) is 20.1 Å². The fourth-order valence-corrected chi connectivity index (χ4v) is 3.06. The van der Waals surface area contributed by atoms with E-state index < -0.39 is 0 Å². The maximum Gasteiger partial charge on any atom is 0.238 e. The third kappa shape index (κ3) is 5.00. The smallest absolute Gasteiger partial charge is 0.238 e. The second-order valence-electron chi connectivity index (χ2n) is 5.02. The summed E-state index contributed by atoms with van der Waals surface area (Å²) in [5.41, 5.74) is 1.19. The minimum Gasteiger partial charge on any atom is -0.322 e. The molecule has 0 aliphatic rings. The van der Waals surface area contributed by atoms with Crippen molar-refractivity contribution >= 4 is 58.0 Å². The molecular weight excluding hydrogens is 378 g/mol. The summed E-state index contributed by atoms with van der Waals surface area (Å²) in [7, 11) is 1.80. The first kappa shape index (κ1) is 18.4. The van der Waals surface area contributed by atoms with Gasteiger partial charge in [0.1, 0.15) is 0 Å². The highest BCUT2D eigenvalue weighted by Crippen LogP contribution is 2.30. The number of nitrogens with one attached hydrogen (secondary N) is 1. The SMILES string of the molecule is CN(CC(=O)Nc1c(Cl)cccc1Cl)Cc1c(Cl)cccc1Cl. The molecule has 0 atom stereocenters. The number of anilines is 1. The van der Waals surface area contributed by atoms with Crippen LogP contribution in [0.3, 0.4) is 0 Å². The summed E-state index contributed by atoms with van der Waals surface area (Å²) in [5.74, 6) is -0.231. The van der Waals surface area contributed by atoms with Crippen LogP contribution in [-0.2, 0) is 11.3 Å². The van der Waals surface area contributed by atoms with Gasteiger partial charge in [-0.05, 0) is 31.3 Å². The highest BCUT2D eigenvalue weighted by Gasteiger charge is 2.14. The van der Waals surface area contributed by atoms with Gasteiger partial charge in [-0.25, -0.2) is 0 Å². The highest BCUT2D eigenvalue weighted by atomic mass is 35.5. The molecule has 0 aliphatic carbocycles. The molecule has 3 nitrogen and oxygen atoms in total. The van der Waals surface area contributed by atoms with Gasteiger partial charge in [-0.3, -0.25) is 9.69 Å². The summed E-state index contributed by atoms with van der Waals surface area (Å²) >= 11 is 24.3. The first-order valence-electron chi connectivity index (χ1n) is 6.73. The predicted octanol–water partition coefficient (Wildman–Crippen LogP) is 5.37. The lowest BCUT2D eigenvalue weighted by molar-refractivity contribution is -0.117. The van der Waals surface area contributed by atoms with E-state index in [1.54, 1.807) is 48.3 Å². The average molecular weight is 392 g/mol. The topological polar surface area (TPSA) is 32.3 Å². The number of benzene rings is 2. The molecule has 2 aromatic rings. The number of halogens is 4. The number of hydrogen-bond donors (Lipinski definition) is 1. The van der Waals surface area contributed by atoms with Crippen LogP contribution in [0.4, 0.5) is 5.69 Å². The molecule has 122 valence electrons. The maximum absolute atomic E-state index is 12.2. The van der Waals surface area contributed by atoms with E-state index in [-0.39, 0.29) is 12.5 Å². The van der Waals surface area contributed by atoms with Crippen molar-refractivity contribution in [2.75, 3.05) is 18.9 Å². The Hall–Kier alpha value is -0.970. The van der Waals surface area contributed by atoms with Gasteiger partial charge in [-0.2, -0.15) is 0 Å². The normalized spacial score (nSPS) is 10.9. The van der Waals surface area contributed by atoms with Crippen molar-refractivity contribution < 1.29 is 4.79 Å². The van der Waals surface area contributed by atoms with Crippen molar-refractivity contribution in [1.82, 2.24) is 4.90 Å². The largest absolute Gasteiger partial charge is 0.322 e. The molecule has 0 aromatic heterocycles. The second kappa shape index (κ2) is 8.22. The molecule has 0 saturated carbocycles. The summed E-state index contributed by atoms with van der Waals surface area (Å²) in [6.07, 6.45) is 0. The van der Waals surface area contributed by atoms with Gasteiger partial charge in [-0.1, -0.05) is 58.5 Å². The Bertz CT molecular complexity index is 681. The molecular formula is C16H14Cl4N2O. The molecule has 0 unspecified atom stereocenters. The molecule has 1 N–H and O–H groups in total. The van der Waals surface area contributed by atoms with Crippen LogP contribution in [0.25, 0.3) is 0 Å². The number of para-hydroxylation sites is 1. The third-order valence-corrected chi connectivity index (χ3v) is 4.47. The summed E-state index contributed by atoms with van der Waals surface area (Å²) in [6.45, 7) is 0.589. The lowest BCUT2D eigenvalue weighted by Crippen LogP contribution is -2.30. The van der Waals surface area contributed by atoms with Crippen molar-refractivity contribution in [3.05, 3.63) is 62.1 Å². The Labute approximate surface area is 155 Å². The van der Waals surface area contributed by atoms with Gasteiger partial charge < -0.3 is 5.32 Å². The van der Waals surface area contributed by atoms with Gasteiger partial charge in [-0.15, -0.1) is 0 Å². The van der Waals surface area contributed by atoms with Gasteiger partial charge in [0.05, 0.1) is 22.3 Å². The Morgan fingerprint density at radius 3 is 1.96 bits per heavy atom. The van der Waals surface area contributed by atoms with Crippen molar-refractivity contribution in [1.29, 1.82) is 0 Å². The predicted molar refractivity (Wildman–Crippen MR) is 97.9 cm³/mol. The highest BCUT2D eigenvalue weighted by molar-refractivity contribution is 6.39. The van der Waals surface area contributed by atoms with Gasteiger partial charge in [0, 0.05) is 22.2 Å². The fraction of sp³-hybridized carbons (Fsp3) is 0.188. The number of hydrogen-bond acceptors (Lipinski definition) is 2. The van der Waals surface area contributed by atoms with Crippen LogP contribution in [0, 0.1) is 0 Å². The third-order valence-electron chi connectivity index (χ3n) is 3.13. The summed E-state index contributed by atoms with van der Waals surface area (Å²) in [5, 5.41) is 4.63. The van der Waals surface area contributed by atoms with Crippen LogP contribution in [0.5, 0.6) is 0 Å². The van der Waals surface area contributed by atoms with Gasteiger partial charge in [0.2, 0.25) is 5.91 Å². The summed E-state index contributed by atoms with van der Waals surface area (Å²) in [4.78, 5) is 14.0. The van der Waals surface area contributed by atoms with Crippen LogP contribution in [0.1, 0.15) is 5.56 Å². The monoisotopic (exact) mass is 390 g/mol. The second-order valence-corrected chi connectivity index (χ2v) is 6.65. The first-order valence-corrected chi connectivity index (χ1v) is 8.25. The number of rotatable bonds is 5. The number of carbonyl (C=O) groups excluding carboxylic acids is 1. The van der Waals surface area contributed by atoms with E-state index in [4.69, 9.17) is 46.4 Å². The minimum atomic E-state index is -0.231. The molecule has 0 spiro atoms. The quantitative estimate of drug-likeness (QED) is 0.742. The van der Waals surface area contributed by atoms with Crippen LogP contribution in [0.15, 0.2) is 36.4 Å². The average Bonchev–Trinajstić information content (AvgIpc) is 2.47. The standard InChI is InChI=1S/C16H14Cl4N2O/c1-22(8-10-11(17)4-2-5-12(10)18)9-15(23)21-16-13(19)6-3-7-14(16)20/h2-7H,8-9H2,1H3,(H,21,23). The van der Waals surface area contributed by atoms with E-state index in [9.17, 15) is 4.79 Å². The number of amides is 1. The molecule has 23 heavy (non-hydrogen) atoms. The zero-order valence-electron chi connectivity index (χ0n) is 12.2. The molecule has 2 aromatic carbocycles.